The first-order valence-electron chi connectivity index (χ1n) is 7.97. The summed E-state index contributed by atoms with van der Waals surface area (Å²) in [6, 6.07) is 7.51. The van der Waals surface area contributed by atoms with Crippen molar-refractivity contribution >= 4 is 46.0 Å². The second-order valence-electron chi connectivity index (χ2n) is 6.13. The Morgan fingerprint density at radius 2 is 1.83 bits per heavy atom. The summed E-state index contributed by atoms with van der Waals surface area (Å²) in [5.74, 6) is -0.629. The van der Waals surface area contributed by atoms with Crippen LogP contribution in [0, 0.1) is 15.4 Å². The molecule has 5 nitrogen and oxygen atoms in total. The van der Waals surface area contributed by atoms with Crippen LogP contribution in [0.3, 0.4) is 0 Å². The van der Waals surface area contributed by atoms with E-state index in [4.69, 9.17) is 0 Å². The molecule has 2 aliphatic rings. The average Bonchev–Trinajstić information content (AvgIpc) is 2.77. The molecule has 3 rings (SSSR count). The van der Waals surface area contributed by atoms with Gasteiger partial charge in [0.05, 0.1) is 11.8 Å². The number of carbonyl (C=O) groups is 3. The second kappa shape index (κ2) is 6.98. The number of likely N-dealkylation sites (tertiary alicyclic amines) is 1. The van der Waals surface area contributed by atoms with Gasteiger partial charge in [0.2, 0.25) is 17.7 Å². The SMILES string of the molecule is O=C(CCN1C(=O)C2CCCCC2C1=O)Nc1cccc(I)c1. The van der Waals surface area contributed by atoms with Crippen molar-refractivity contribution in [3.8, 4) is 0 Å². The molecule has 1 aromatic rings. The molecule has 1 heterocycles. The lowest BCUT2D eigenvalue weighted by atomic mass is 9.81. The molecule has 1 saturated carbocycles. The van der Waals surface area contributed by atoms with E-state index in [1.54, 1.807) is 0 Å². The number of imide groups is 1. The number of fused-ring (bicyclic) bond motifs is 1. The summed E-state index contributed by atoms with van der Waals surface area (Å²) < 4.78 is 1.04. The number of hydrogen-bond acceptors (Lipinski definition) is 3. The van der Waals surface area contributed by atoms with Gasteiger partial charge in [0.1, 0.15) is 0 Å². The molecule has 0 radical (unpaired) electrons. The molecular formula is C17H19IN2O3. The fourth-order valence-electron chi connectivity index (χ4n) is 3.45. The highest BCUT2D eigenvalue weighted by Gasteiger charge is 2.47. The summed E-state index contributed by atoms with van der Waals surface area (Å²) in [7, 11) is 0. The van der Waals surface area contributed by atoms with E-state index < -0.39 is 0 Å². The van der Waals surface area contributed by atoms with E-state index >= 15 is 0 Å². The van der Waals surface area contributed by atoms with Crippen LogP contribution >= 0.6 is 22.6 Å². The Bertz CT molecular complexity index is 622. The van der Waals surface area contributed by atoms with Gasteiger partial charge in [0, 0.05) is 22.2 Å². The lowest BCUT2D eigenvalue weighted by Gasteiger charge is -2.19. The third-order valence-electron chi connectivity index (χ3n) is 4.60. The number of nitrogens with one attached hydrogen (secondary N) is 1. The highest BCUT2D eigenvalue weighted by Crippen LogP contribution is 2.37. The van der Waals surface area contributed by atoms with E-state index in [9.17, 15) is 14.4 Å². The fourth-order valence-corrected chi connectivity index (χ4v) is 4.00. The Hall–Kier alpha value is -1.44. The van der Waals surface area contributed by atoms with Crippen LogP contribution < -0.4 is 5.32 Å². The van der Waals surface area contributed by atoms with Gasteiger partial charge in [-0.25, -0.2) is 0 Å². The zero-order valence-corrected chi connectivity index (χ0v) is 14.9. The van der Waals surface area contributed by atoms with Crippen molar-refractivity contribution in [2.75, 3.05) is 11.9 Å². The predicted octanol–water partition coefficient (Wildman–Crippen LogP) is 2.80. The lowest BCUT2D eigenvalue weighted by Crippen LogP contribution is -2.34. The third-order valence-corrected chi connectivity index (χ3v) is 5.27. The maximum atomic E-state index is 12.3. The molecule has 0 bridgehead atoms. The zero-order chi connectivity index (χ0) is 16.4. The molecule has 1 saturated heterocycles. The summed E-state index contributed by atoms with van der Waals surface area (Å²) in [6.45, 7) is 0.181. The average molecular weight is 426 g/mol. The van der Waals surface area contributed by atoms with Crippen LogP contribution in [0.5, 0.6) is 0 Å². The molecule has 2 unspecified atom stereocenters. The Morgan fingerprint density at radius 3 is 2.43 bits per heavy atom. The fraction of sp³-hybridized carbons (Fsp3) is 0.471. The van der Waals surface area contributed by atoms with E-state index in [0.29, 0.717) is 0 Å². The quantitative estimate of drug-likeness (QED) is 0.595. The summed E-state index contributed by atoms with van der Waals surface area (Å²) in [5, 5.41) is 2.81. The molecule has 2 atom stereocenters. The van der Waals surface area contributed by atoms with Gasteiger partial charge in [-0.05, 0) is 53.6 Å². The second-order valence-corrected chi connectivity index (χ2v) is 7.38. The van der Waals surface area contributed by atoms with Crippen LogP contribution in [-0.4, -0.2) is 29.2 Å². The standard InChI is InChI=1S/C17H19IN2O3/c18-11-4-3-5-12(10-11)19-15(21)8-9-20-16(22)13-6-1-2-7-14(13)17(20)23/h3-5,10,13-14H,1-2,6-9H2,(H,19,21). The maximum Gasteiger partial charge on any atom is 0.233 e. The molecule has 122 valence electrons. The molecule has 2 fully saturated rings. The van der Waals surface area contributed by atoms with Gasteiger partial charge in [-0.1, -0.05) is 18.9 Å². The maximum absolute atomic E-state index is 12.3. The van der Waals surface area contributed by atoms with Crippen LogP contribution in [0.4, 0.5) is 5.69 Å². The van der Waals surface area contributed by atoms with Crippen molar-refractivity contribution in [2.45, 2.75) is 32.1 Å². The van der Waals surface area contributed by atoms with Crippen molar-refractivity contribution in [2.24, 2.45) is 11.8 Å². The normalized spacial score (nSPS) is 23.8. The molecule has 1 aromatic carbocycles. The zero-order valence-electron chi connectivity index (χ0n) is 12.8. The first-order valence-corrected chi connectivity index (χ1v) is 9.05. The molecule has 1 aliphatic heterocycles. The smallest absolute Gasteiger partial charge is 0.233 e. The van der Waals surface area contributed by atoms with Gasteiger partial charge in [0.15, 0.2) is 0 Å². The van der Waals surface area contributed by atoms with Gasteiger partial charge in [-0.15, -0.1) is 0 Å². The van der Waals surface area contributed by atoms with Crippen molar-refractivity contribution in [3.63, 3.8) is 0 Å². The number of halogens is 1. The lowest BCUT2D eigenvalue weighted by molar-refractivity contribution is -0.140. The van der Waals surface area contributed by atoms with Crippen molar-refractivity contribution in [1.29, 1.82) is 0 Å². The Kier molecular flexibility index (Phi) is 4.99. The molecule has 3 amide bonds. The molecule has 23 heavy (non-hydrogen) atoms. The molecule has 0 aromatic heterocycles. The monoisotopic (exact) mass is 426 g/mol. The van der Waals surface area contributed by atoms with Gasteiger partial charge < -0.3 is 5.32 Å². The molecule has 6 heteroatoms. The Morgan fingerprint density at radius 1 is 1.17 bits per heavy atom. The minimum absolute atomic E-state index is 0.0817. The van der Waals surface area contributed by atoms with E-state index in [0.717, 1.165) is 34.9 Å². The molecule has 1 aliphatic carbocycles. The van der Waals surface area contributed by atoms with Crippen LogP contribution in [0.1, 0.15) is 32.1 Å². The summed E-state index contributed by atoms with van der Waals surface area (Å²) in [4.78, 5) is 38.0. The summed E-state index contributed by atoms with van der Waals surface area (Å²) in [5.41, 5.74) is 0.731. The van der Waals surface area contributed by atoms with E-state index in [1.165, 1.54) is 4.90 Å². The van der Waals surface area contributed by atoms with Crippen LogP contribution in [0.25, 0.3) is 0 Å². The minimum Gasteiger partial charge on any atom is -0.326 e. The first-order chi connectivity index (χ1) is 11.1. The first kappa shape index (κ1) is 16.4. The molecule has 1 N–H and O–H groups in total. The molecular weight excluding hydrogens is 407 g/mol. The van der Waals surface area contributed by atoms with E-state index in [1.807, 2.05) is 24.3 Å². The number of amides is 3. The van der Waals surface area contributed by atoms with E-state index in [-0.39, 0.29) is 42.5 Å². The summed E-state index contributed by atoms with van der Waals surface area (Å²) in [6.07, 6.45) is 3.78. The Balaban J connectivity index is 1.56. The third kappa shape index (κ3) is 3.57. The van der Waals surface area contributed by atoms with Crippen molar-refractivity contribution in [3.05, 3.63) is 27.8 Å². The number of benzene rings is 1. The number of hydrogen-bond donors (Lipinski definition) is 1. The van der Waals surface area contributed by atoms with Crippen LogP contribution in [-0.2, 0) is 14.4 Å². The predicted molar refractivity (Wildman–Crippen MR) is 94.6 cm³/mol. The number of rotatable bonds is 4. The minimum atomic E-state index is -0.178. The highest BCUT2D eigenvalue weighted by molar-refractivity contribution is 14.1. The van der Waals surface area contributed by atoms with Gasteiger partial charge >= 0.3 is 0 Å². The van der Waals surface area contributed by atoms with E-state index in [2.05, 4.69) is 27.9 Å². The van der Waals surface area contributed by atoms with Gasteiger partial charge in [-0.3, -0.25) is 19.3 Å². The number of carbonyl (C=O) groups excluding carboxylic acids is 3. The highest BCUT2D eigenvalue weighted by atomic mass is 127. The largest absolute Gasteiger partial charge is 0.326 e. The van der Waals surface area contributed by atoms with Gasteiger partial charge in [-0.2, -0.15) is 0 Å². The van der Waals surface area contributed by atoms with Crippen LogP contribution in [0.2, 0.25) is 0 Å². The summed E-state index contributed by atoms with van der Waals surface area (Å²) >= 11 is 2.18. The molecule has 0 spiro atoms. The number of anilines is 1. The van der Waals surface area contributed by atoms with Gasteiger partial charge in [0.25, 0.3) is 0 Å². The van der Waals surface area contributed by atoms with Crippen molar-refractivity contribution in [1.82, 2.24) is 4.90 Å². The topological polar surface area (TPSA) is 66.5 Å². The van der Waals surface area contributed by atoms with Crippen molar-refractivity contribution < 1.29 is 14.4 Å². The number of nitrogens with zero attached hydrogens (tertiary/aromatic N) is 1. The van der Waals surface area contributed by atoms with Crippen LogP contribution in [0.15, 0.2) is 24.3 Å². The Labute approximate surface area is 148 Å².